The maximum Gasteiger partial charge on any atom is 0.311 e. The van der Waals surface area contributed by atoms with Gasteiger partial charge in [0, 0.05) is 37.4 Å². The Balaban J connectivity index is 5.01. The van der Waals surface area contributed by atoms with Crippen molar-refractivity contribution in [2.75, 3.05) is 26.3 Å². The molecule has 8 nitrogen and oxygen atoms in total. The van der Waals surface area contributed by atoms with Gasteiger partial charge >= 0.3 is 11.8 Å². The molecule has 0 aromatic heterocycles. The molecule has 0 aliphatic rings. The van der Waals surface area contributed by atoms with E-state index in [9.17, 15) is 9.59 Å². The number of carbonyl (C=O) groups excluding carboxylic acids is 2. The van der Waals surface area contributed by atoms with Gasteiger partial charge in [-0.25, -0.2) is 0 Å². The van der Waals surface area contributed by atoms with Crippen molar-refractivity contribution < 1.29 is 19.8 Å². The normalized spacial score (nSPS) is 17.1. The zero-order valence-corrected chi connectivity index (χ0v) is 12.1. The molecule has 0 rings (SSSR count). The summed E-state index contributed by atoms with van der Waals surface area (Å²) in [5.74, 6) is -1.97. The van der Waals surface area contributed by atoms with Crippen LogP contribution in [0.2, 0.25) is 0 Å². The third kappa shape index (κ3) is 6.80. The first-order valence-electron chi connectivity index (χ1n) is 6.43. The monoisotopic (exact) mass is 290 g/mol. The second-order valence-corrected chi connectivity index (χ2v) is 5.78. The van der Waals surface area contributed by atoms with Crippen LogP contribution in [0.3, 0.4) is 0 Å². The van der Waals surface area contributed by atoms with E-state index >= 15 is 0 Å². The molecule has 20 heavy (non-hydrogen) atoms. The number of nitrogens with two attached hydrogens (primary N) is 3. The van der Waals surface area contributed by atoms with E-state index in [1.54, 1.807) is 13.8 Å². The van der Waals surface area contributed by atoms with Gasteiger partial charge in [0.25, 0.3) is 0 Å². The summed E-state index contributed by atoms with van der Waals surface area (Å²) in [6, 6.07) is 0. The lowest BCUT2D eigenvalue weighted by Gasteiger charge is -2.36. The summed E-state index contributed by atoms with van der Waals surface area (Å²) in [5.41, 5.74) is 15.2. The summed E-state index contributed by atoms with van der Waals surface area (Å²) >= 11 is 0. The van der Waals surface area contributed by atoms with E-state index in [1.807, 2.05) is 0 Å². The molecule has 0 aliphatic heterocycles. The van der Waals surface area contributed by atoms with E-state index in [1.165, 1.54) is 4.90 Å². The smallest absolute Gasteiger partial charge is 0.311 e. The van der Waals surface area contributed by atoms with Crippen molar-refractivity contribution in [3.05, 3.63) is 0 Å². The van der Waals surface area contributed by atoms with Crippen LogP contribution in [-0.4, -0.2) is 64.3 Å². The third-order valence-electron chi connectivity index (χ3n) is 2.97. The first-order valence-corrected chi connectivity index (χ1v) is 6.43. The van der Waals surface area contributed by atoms with E-state index < -0.39 is 22.9 Å². The molecule has 0 heterocycles. The van der Waals surface area contributed by atoms with E-state index in [-0.39, 0.29) is 39.1 Å². The van der Waals surface area contributed by atoms with E-state index in [4.69, 9.17) is 27.4 Å². The molecule has 0 saturated carbocycles. The maximum atomic E-state index is 11.8. The largest absolute Gasteiger partial charge is 0.396 e. The lowest BCUT2D eigenvalue weighted by atomic mass is 9.95. The zero-order chi connectivity index (χ0) is 16.0. The standard InChI is InChI=1S/C12H26N4O4/c1-11(14,3-5-17)7-16(10(20)9(13)19)8-12(2,15)4-6-18/h17-18H,3-8,14-15H2,1-2H3,(H2,13,19). The van der Waals surface area contributed by atoms with Crippen LogP contribution in [0.15, 0.2) is 0 Å². The number of hydrogen-bond acceptors (Lipinski definition) is 6. The van der Waals surface area contributed by atoms with Crippen molar-refractivity contribution in [1.82, 2.24) is 4.90 Å². The van der Waals surface area contributed by atoms with Gasteiger partial charge in [-0.05, 0) is 26.7 Å². The Morgan fingerprint density at radius 2 is 1.35 bits per heavy atom. The summed E-state index contributed by atoms with van der Waals surface area (Å²) in [5, 5.41) is 17.9. The molecule has 0 aromatic rings. The minimum absolute atomic E-state index is 0.0353. The van der Waals surface area contributed by atoms with Crippen molar-refractivity contribution in [3.8, 4) is 0 Å². The fraction of sp³-hybridized carbons (Fsp3) is 0.833. The Hall–Kier alpha value is -1.22. The van der Waals surface area contributed by atoms with Crippen LogP contribution in [0.5, 0.6) is 0 Å². The van der Waals surface area contributed by atoms with Crippen molar-refractivity contribution in [1.29, 1.82) is 0 Å². The number of amides is 2. The van der Waals surface area contributed by atoms with Gasteiger partial charge < -0.3 is 32.3 Å². The van der Waals surface area contributed by atoms with Crippen LogP contribution in [-0.2, 0) is 9.59 Å². The molecular weight excluding hydrogens is 264 g/mol. The molecule has 2 amide bonds. The number of hydrogen-bond donors (Lipinski definition) is 5. The maximum absolute atomic E-state index is 11.8. The van der Waals surface area contributed by atoms with E-state index in [0.29, 0.717) is 0 Å². The topological polar surface area (TPSA) is 156 Å². The summed E-state index contributed by atoms with van der Waals surface area (Å²) < 4.78 is 0. The molecule has 0 radical (unpaired) electrons. The highest BCUT2D eigenvalue weighted by Crippen LogP contribution is 2.13. The lowest BCUT2D eigenvalue weighted by Crippen LogP contribution is -2.58. The second kappa shape index (κ2) is 7.53. The Bertz CT molecular complexity index is 324. The molecule has 8 heteroatoms. The average molecular weight is 290 g/mol. The number of rotatable bonds is 8. The number of aliphatic hydroxyl groups excluding tert-OH is 2. The van der Waals surface area contributed by atoms with Gasteiger partial charge in [-0.15, -0.1) is 0 Å². The number of carbonyl (C=O) groups is 2. The first kappa shape index (κ1) is 18.8. The third-order valence-corrected chi connectivity index (χ3v) is 2.97. The minimum atomic E-state index is -1.09. The van der Waals surface area contributed by atoms with Crippen LogP contribution >= 0.6 is 0 Å². The number of aliphatic hydroxyl groups is 2. The minimum Gasteiger partial charge on any atom is -0.396 e. The van der Waals surface area contributed by atoms with Crippen molar-refractivity contribution in [2.24, 2.45) is 17.2 Å². The number of nitrogens with zero attached hydrogens (tertiary/aromatic N) is 1. The summed E-state index contributed by atoms with van der Waals surface area (Å²) in [6.07, 6.45) is 0.521. The summed E-state index contributed by atoms with van der Waals surface area (Å²) in [6.45, 7) is 3.11. The predicted octanol–water partition coefficient (Wildman–Crippen LogP) is -2.50. The molecule has 0 saturated heterocycles. The van der Waals surface area contributed by atoms with Crippen LogP contribution in [0.1, 0.15) is 26.7 Å². The molecule has 2 atom stereocenters. The van der Waals surface area contributed by atoms with Gasteiger partial charge in [0.1, 0.15) is 0 Å². The molecule has 8 N–H and O–H groups in total. The lowest BCUT2D eigenvalue weighted by molar-refractivity contribution is -0.145. The molecule has 0 fully saturated rings. The Labute approximate surface area is 118 Å². The predicted molar refractivity (Wildman–Crippen MR) is 74.4 cm³/mol. The van der Waals surface area contributed by atoms with E-state index in [0.717, 1.165) is 0 Å². The van der Waals surface area contributed by atoms with E-state index in [2.05, 4.69) is 0 Å². The fourth-order valence-electron chi connectivity index (χ4n) is 1.90. The molecular formula is C12H26N4O4. The Kier molecular flexibility index (Phi) is 7.07. The Morgan fingerprint density at radius 3 is 1.60 bits per heavy atom. The average Bonchev–Trinajstić information content (AvgIpc) is 2.25. The van der Waals surface area contributed by atoms with Gasteiger partial charge in [-0.1, -0.05) is 0 Å². The van der Waals surface area contributed by atoms with Crippen LogP contribution in [0.25, 0.3) is 0 Å². The Morgan fingerprint density at radius 1 is 1.00 bits per heavy atom. The number of primary amides is 1. The highest BCUT2D eigenvalue weighted by Gasteiger charge is 2.32. The molecule has 118 valence electrons. The van der Waals surface area contributed by atoms with Crippen molar-refractivity contribution >= 4 is 11.8 Å². The molecule has 2 unspecified atom stereocenters. The highest BCUT2D eigenvalue weighted by molar-refractivity contribution is 6.34. The van der Waals surface area contributed by atoms with Crippen molar-refractivity contribution in [3.63, 3.8) is 0 Å². The molecule has 0 aliphatic carbocycles. The summed E-state index contributed by atoms with van der Waals surface area (Å²) in [4.78, 5) is 24.1. The van der Waals surface area contributed by atoms with Crippen LogP contribution < -0.4 is 17.2 Å². The molecule has 0 aromatic carbocycles. The van der Waals surface area contributed by atoms with Crippen molar-refractivity contribution in [2.45, 2.75) is 37.8 Å². The highest BCUT2D eigenvalue weighted by atomic mass is 16.3. The van der Waals surface area contributed by atoms with Gasteiger partial charge in [-0.2, -0.15) is 0 Å². The van der Waals surface area contributed by atoms with Gasteiger partial charge in [0.15, 0.2) is 0 Å². The van der Waals surface area contributed by atoms with Crippen LogP contribution in [0.4, 0.5) is 0 Å². The zero-order valence-electron chi connectivity index (χ0n) is 12.1. The van der Waals surface area contributed by atoms with Crippen LogP contribution in [0, 0.1) is 0 Å². The molecule has 0 spiro atoms. The first-order chi connectivity index (χ1) is 9.04. The van der Waals surface area contributed by atoms with Gasteiger partial charge in [-0.3, -0.25) is 9.59 Å². The van der Waals surface area contributed by atoms with Gasteiger partial charge in [0.05, 0.1) is 0 Å². The fourth-order valence-corrected chi connectivity index (χ4v) is 1.90. The van der Waals surface area contributed by atoms with Gasteiger partial charge in [0.2, 0.25) is 0 Å². The second-order valence-electron chi connectivity index (χ2n) is 5.78. The summed E-state index contributed by atoms with van der Waals surface area (Å²) in [7, 11) is 0. The molecule has 0 bridgehead atoms. The SMILES string of the molecule is CC(N)(CCO)CN(CC(C)(N)CCO)C(=O)C(N)=O. The quantitative estimate of drug-likeness (QED) is 0.311.